The molecular weight excluding hydrogens is 272 g/mol. The number of carbonyl (C=O) groups is 1. The molecule has 2 fully saturated rings. The smallest absolute Gasteiger partial charge is 0.407 e. The highest BCUT2D eigenvalue weighted by Gasteiger charge is 2.29. The Morgan fingerprint density at radius 1 is 1.10 bits per heavy atom. The summed E-state index contributed by atoms with van der Waals surface area (Å²) in [5.41, 5.74) is 4.86. The van der Waals surface area contributed by atoms with Crippen molar-refractivity contribution in [1.82, 2.24) is 5.32 Å². The molecule has 0 aliphatic heterocycles. The molecule has 0 aromatic carbocycles. The van der Waals surface area contributed by atoms with Crippen molar-refractivity contribution in [3.05, 3.63) is 0 Å². The molecule has 0 aromatic rings. The lowest BCUT2D eigenvalue weighted by Gasteiger charge is -2.32. The maximum absolute atomic E-state index is 11.2. The summed E-state index contributed by atoms with van der Waals surface area (Å²) in [5, 5.41) is 20.2. The molecule has 0 radical (unpaired) electrons. The van der Waals surface area contributed by atoms with Gasteiger partial charge in [0.2, 0.25) is 0 Å². The predicted molar refractivity (Wildman–Crippen MR) is 85.1 cm³/mol. The first-order chi connectivity index (χ1) is 8.65. The van der Waals surface area contributed by atoms with Crippen LogP contribution in [0.2, 0.25) is 0 Å². The molecule has 0 bridgehead atoms. The largest absolute Gasteiger partial charge is 0.444 e. The van der Waals surface area contributed by atoms with E-state index < -0.39 is 11.7 Å². The van der Waals surface area contributed by atoms with Gasteiger partial charge in [-0.2, -0.15) is 0 Å². The number of hydrogen-bond acceptors (Lipinski definition) is 5. The van der Waals surface area contributed by atoms with Crippen LogP contribution in [0.15, 0.2) is 0 Å². The Morgan fingerprint density at radius 2 is 1.52 bits per heavy atom. The minimum absolute atomic E-state index is 0. The number of nitrogens with one attached hydrogen (secondary N) is 1. The molecule has 2 aliphatic rings. The molecule has 128 valence electrons. The van der Waals surface area contributed by atoms with E-state index in [4.69, 9.17) is 20.7 Å². The number of nitrogens with two attached hydrogens (primary N) is 1. The second-order valence-corrected chi connectivity index (χ2v) is 6.35. The third-order valence-electron chi connectivity index (χ3n) is 2.98. The first-order valence-electron chi connectivity index (χ1n) is 6.77. The SMILES string of the molecule is C.C.CC(C)(C)OC(=O)NC1CC(O)C1.NC1CC(O)C1. The van der Waals surface area contributed by atoms with E-state index in [2.05, 4.69) is 5.32 Å². The second-order valence-electron chi connectivity index (χ2n) is 6.35. The molecule has 0 heterocycles. The van der Waals surface area contributed by atoms with Crippen LogP contribution in [0.3, 0.4) is 0 Å². The molecule has 1 amide bonds. The van der Waals surface area contributed by atoms with E-state index in [1.807, 2.05) is 20.8 Å². The van der Waals surface area contributed by atoms with Gasteiger partial charge in [-0.15, -0.1) is 0 Å². The maximum Gasteiger partial charge on any atom is 0.407 e. The zero-order chi connectivity index (χ0) is 14.6. The van der Waals surface area contributed by atoms with Gasteiger partial charge in [0.1, 0.15) is 5.60 Å². The highest BCUT2D eigenvalue weighted by atomic mass is 16.6. The van der Waals surface area contributed by atoms with Gasteiger partial charge in [0.05, 0.1) is 12.2 Å². The van der Waals surface area contributed by atoms with Gasteiger partial charge in [0.25, 0.3) is 0 Å². The Balaban J connectivity index is 0. The van der Waals surface area contributed by atoms with Crippen LogP contribution >= 0.6 is 0 Å². The molecule has 0 unspecified atom stereocenters. The summed E-state index contributed by atoms with van der Waals surface area (Å²) in [4.78, 5) is 11.2. The average Bonchev–Trinajstić information content (AvgIpc) is 2.11. The molecule has 2 rings (SSSR count). The van der Waals surface area contributed by atoms with Crippen LogP contribution in [0, 0.1) is 0 Å². The Labute approximate surface area is 129 Å². The molecular formula is C15H34N2O4. The number of alkyl carbamates (subject to hydrolysis) is 1. The Hall–Kier alpha value is -0.850. The summed E-state index contributed by atoms with van der Waals surface area (Å²) in [7, 11) is 0. The molecule has 6 heteroatoms. The van der Waals surface area contributed by atoms with E-state index in [0.29, 0.717) is 18.9 Å². The zero-order valence-electron chi connectivity index (χ0n) is 11.9. The van der Waals surface area contributed by atoms with Crippen LogP contribution in [0.25, 0.3) is 0 Å². The first-order valence-corrected chi connectivity index (χ1v) is 6.77. The van der Waals surface area contributed by atoms with Crippen LogP contribution < -0.4 is 11.1 Å². The Bertz CT molecular complexity index is 287. The van der Waals surface area contributed by atoms with Gasteiger partial charge in [-0.1, -0.05) is 14.9 Å². The second kappa shape index (κ2) is 9.23. The number of aliphatic hydroxyl groups excluding tert-OH is 2. The van der Waals surface area contributed by atoms with E-state index in [0.717, 1.165) is 12.8 Å². The van der Waals surface area contributed by atoms with Gasteiger partial charge in [-0.25, -0.2) is 4.79 Å². The molecule has 0 saturated heterocycles. The minimum Gasteiger partial charge on any atom is -0.444 e. The van der Waals surface area contributed by atoms with Crippen molar-refractivity contribution < 1.29 is 19.7 Å². The highest BCUT2D eigenvalue weighted by molar-refractivity contribution is 5.68. The molecule has 2 aliphatic carbocycles. The minimum atomic E-state index is -0.452. The topological polar surface area (TPSA) is 105 Å². The summed E-state index contributed by atoms with van der Waals surface area (Å²) in [6.45, 7) is 5.46. The maximum atomic E-state index is 11.2. The van der Waals surface area contributed by atoms with Crippen LogP contribution in [-0.4, -0.2) is 46.2 Å². The molecule has 0 atom stereocenters. The van der Waals surface area contributed by atoms with E-state index in [-0.39, 0.29) is 33.1 Å². The molecule has 5 N–H and O–H groups in total. The number of rotatable bonds is 1. The first kappa shape index (κ1) is 22.4. The zero-order valence-corrected chi connectivity index (χ0v) is 11.9. The molecule has 2 saturated carbocycles. The normalized spacial score (nSPS) is 30.0. The highest BCUT2D eigenvalue weighted by Crippen LogP contribution is 2.19. The average molecular weight is 306 g/mol. The number of aliphatic hydroxyl groups is 2. The van der Waals surface area contributed by atoms with Gasteiger partial charge in [-0.05, 0) is 46.5 Å². The van der Waals surface area contributed by atoms with Crippen LogP contribution in [0.5, 0.6) is 0 Å². The fourth-order valence-electron chi connectivity index (χ4n) is 1.81. The Morgan fingerprint density at radius 3 is 1.76 bits per heavy atom. The standard InChI is InChI=1S/C9H17NO3.C4H9NO.2CH4/c1-9(2,3)13-8(12)10-6-4-7(11)5-6;5-3-1-4(6)2-3;;/h6-7,11H,4-5H2,1-3H3,(H,10,12);3-4,6H,1-2,5H2;2*1H4. The van der Waals surface area contributed by atoms with E-state index >= 15 is 0 Å². The van der Waals surface area contributed by atoms with Crippen molar-refractivity contribution in [2.45, 2.75) is 91.2 Å². The molecule has 0 spiro atoms. The third kappa shape index (κ3) is 9.66. The number of carbonyl (C=O) groups excluding carboxylic acids is 1. The Kier molecular flexibility index (Phi) is 9.85. The van der Waals surface area contributed by atoms with Gasteiger partial charge in [-0.3, -0.25) is 0 Å². The lowest BCUT2D eigenvalue weighted by atomic mass is 9.90. The van der Waals surface area contributed by atoms with Crippen molar-refractivity contribution in [2.24, 2.45) is 5.73 Å². The lowest BCUT2D eigenvalue weighted by molar-refractivity contribution is 0.0304. The summed E-state index contributed by atoms with van der Waals surface area (Å²) in [5.74, 6) is 0. The van der Waals surface area contributed by atoms with Gasteiger partial charge in [0.15, 0.2) is 0 Å². The molecule has 0 aromatic heterocycles. The summed E-state index contributed by atoms with van der Waals surface area (Å²) in [6, 6.07) is 0.379. The van der Waals surface area contributed by atoms with Gasteiger partial charge < -0.3 is 26.0 Å². The fourth-order valence-corrected chi connectivity index (χ4v) is 1.81. The van der Waals surface area contributed by atoms with Crippen LogP contribution in [0.4, 0.5) is 4.79 Å². The quantitative estimate of drug-likeness (QED) is 0.591. The van der Waals surface area contributed by atoms with E-state index in [1.165, 1.54) is 0 Å². The van der Waals surface area contributed by atoms with Crippen molar-refractivity contribution >= 4 is 6.09 Å². The van der Waals surface area contributed by atoms with Crippen molar-refractivity contribution in [1.29, 1.82) is 0 Å². The number of hydrogen-bond donors (Lipinski definition) is 4. The predicted octanol–water partition coefficient (Wildman–Crippen LogP) is 1.77. The summed E-state index contributed by atoms with van der Waals surface area (Å²) >= 11 is 0. The molecule has 6 nitrogen and oxygen atoms in total. The number of amides is 1. The number of ether oxygens (including phenoxy) is 1. The monoisotopic (exact) mass is 306 g/mol. The third-order valence-corrected chi connectivity index (χ3v) is 2.98. The summed E-state index contributed by atoms with van der Waals surface area (Å²) < 4.78 is 5.05. The van der Waals surface area contributed by atoms with Gasteiger partial charge >= 0.3 is 6.09 Å². The van der Waals surface area contributed by atoms with E-state index in [1.54, 1.807) is 0 Å². The van der Waals surface area contributed by atoms with Gasteiger partial charge in [0, 0.05) is 12.1 Å². The van der Waals surface area contributed by atoms with Crippen molar-refractivity contribution in [3.63, 3.8) is 0 Å². The fraction of sp³-hybridized carbons (Fsp3) is 0.933. The summed E-state index contributed by atoms with van der Waals surface area (Å²) in [6.07, 6.45) is 2.16. The van der Waals surface area contributed by atoms with Crippen molar-refractivity contribution in [2.75, 3.05) is 0 Å². The van der Waals surface area contributed by atoms with Crippen molar-refractivity contribution in [3.8, 4) is 0 Å². The van der Waals surface area contributed by atoms with Crippen LogP contribution in [0.1, 0.15) is 61.3 Å². The van der Waals surface area contributed by atoms with Crippen LogP contribution in [-0.2, 0) is 4.74 Å². The molecule has 21 heavy (non-hydrogen) atoms. The lowest BCUT2D eigenvalue weighted by Crippen LogP contribution is -2.48. The van der Waals surface area contributed by atoms with E-state index in [9.17, 15) is 4.79 Å².